The van der Waals surface area contributed by atoms with E-state index in [1.807, 2.05) is 45.0 Å². The van der Waals surface area contributed by atoms with Gasteiger partial charge in [0.05, 0.1) is 29.2 Å². The number of fused-ring (bicyclic) bond motifs is 4. The Morgan fingerprint density at radius 2 is 1.77 bits per heavy atom. The number of allylic oxidation sites excluding steroid dienone is 2. The summed E-state index contributed by atoms with van der Waals surface area (Å²) in [5.74, 6) is -0.367. The Kier molecular flexibility index (Phi) is 5.69. The summed E-state index contributed by atoms with van der Waals surface area (Å²) in [4.78, 5) is 31.2. The van der Waals surface area contributed by atoms with Gasteiger partial charge in [0.1, 0.15) is 12.5 Å². The molecule has 0 saturated heterocycles. The molecule has 39 heavy (non-hydrogen) atoms. The van der Waals surface area contributed by atoms with Gasteiger partial charge in [0, 0.05) is 32.9 Å². The monoisotopic (exact) mass is 520 g/mol. The molecule has 0 spiro atoms. The molecule has 2 heterocycles. The lowest BCUT2D eigenvalue weighted by Gasteiger charge is -2.50. The van der Waals surface area contributed by atoms with Crippen LogP contribution >= 0.6 is 0 Å². The molecule has 4 aromatic rings. The minimum atomic E-state index is -0.783. The average Bonchev–Trinajstić information content (AvgIpc) is 2.94. The summed E-state index contributed by atoms with van der Waals surface area (Å²) in [6.07, 6.45) is 2.97. The lowest BCUT2D eigenvalue weighted by Crippen LogP contribution is -2.51. The summed E-state index contributed by atoms with van der Waals surface area (Å²) in [5.41, 5.74) is 2.30. The maximum Gasteiger partial charge on any atom is 0.226 e. The second-order valence-electron chi connectivity index (χ2n) is 11.1. The van der Waals surface area contributed by atoms with E-state index in [0.29, 0.717) is 46.7 Å². The molecule has 5 nitrogen and oxygen atoms in total. The predicted molar refractivity (Wildman–Crippen MR) is 146 cm³/mol. The van der Waals surface area contributed by atoms with Crippen LogP contribution in [0.5, 0.6) is 0 Å². The second-order valence-corrected chi connectivity index (χ2v) is 11.1. The number of carbonyl (C=O) groups is 1. The van der Waals surface area contributed by atoms with Crippen LogP contribution in [0, 0.1) is 23.7 Å². The maximum absolute atomic E-state index is 15.3. The van der Waals surface area contributed by atoms with Gasteiger partial charge < -0.3 is 4.79 Å². The van der Waals surface area contributed by atoms with Gasteiger partial charge in [-0.2, -0.15) is 0 Å². The molecule has 194 valence electrons. The van der Waals surface area contributed by atoms with Crippen LogP contribution in [0.15, 0.2) is 66.4 Å². The smallest absolute Gasteiger partial charge is 0.226 e. The van der Waals surface area contributed by atoms with Crippen molar-refractivity contribution in [3.63, 3.8) is 0 Å². The number of carbonyl (C=O) groups excluding carboxylic acids is 1. The van der Waals surface area contributed by atoms with Gasteiger partial charge in [0.25, 0.3) is 0 Å². The van der Waals surface area contributed by atoms with Crippen molar-refractivity contribution < 1.29 is 13.6 Å². The van der Waals surface area contributed by atoms with Crippen molar-refractivity contribution in [2.24, 2.45) is 11.3 Å². The molecule has 2 atom stereocenters. The fraction of sp³-hybridized carbons (Fsp3) is 0.281. The summed E-state index contributed by atoms with van der Waals surface area (Å²) in [6, 6.07) is 15.5. The fourth-order valence-electron chi connectivity index (χ4n) is 6.60. The van der Waals surface area contributed by atoms with Crippen molar-refractivity contribution in [3.05, 3.63) is 101 Å². The molecule has 0 fully saturated rings. The minimum absolute atomic E-state index is 0.0910. The molecule has 2 aliphatic rings. The zero-order valence-corrected chi connectivity index (χ0v) is 21.9. The number of Topliss-reactive ketones (excluding diaryl/α,β-unsaturated/α-hetero) is 1. The zero-order valence-electron chi connectivity index (χ0n) is 21.9. The summed E-state index contributed by atoms with van der Waals surface area (Å²) in [6.45, 7) is 12.8. The first-order chi connectivity index (χ1) is 18.7. The number of benzene rings is 2. The number of nitrogens with zero attached hydrogens (tertiary/aromatic N) is 4. The van der Waals surface area contributed by atoms with Crippen molar-refractivity contribution >= 4 is 16.7 Å². The van der Waals surface area contributed by atoms with E-state index < -0.39 is 23.3 Å². The van der Waals surface area contributed by atoms with E-state index >= 15 is 4.39 Å². The van der Waals surface area contributed by atoms with Crippen molar-refractivity contribution in [1.82, 2.24) is 15.0 Å². The lowest BCUT2D eigenvalue weighted by molar-refractivity contribution is -0.128. The Bertz CT molecular complexity index is 1750. The molecule has 0 bridgehead atoms. The summed E-state index contributed by atoms with van der Waals surface area (Å²) >= 11 is 0. The van der Waals surface area contributed by atoms with E-state index in [-0.39, 0.29) is 23.1 Å². The molecule has 2 aliphatic carbocycles. The van der Waals surface area contributed by atoms with Crippen LogP contribution in [0.25, 0.3) is 38.4 Å². The van der Waals surface area contributed by atoms with Gasteiger partial charge in [-0.05, 0) is 43.0 Å². The van der Waals surface area contributed by atoms with Crippen molar-refractivity contribution in [2.45, 2.75) is 45.7 Å². The number of aromatic nitrogens is 3. The maximum atomic E-state index is 15.3. The van der Waals surface area contributed by atoms with Gasteiger partial charge in [-0.25, -0.2) is 28.6 Å². The van der Waals surface area contributed by atoms with Gasteiger partial charge in [-0.1, -0.05) is 57.2 Å². The SMILES string of the molecule is [C-]#[N+]C1=C[C@@]2(C)c3nc(-c4cc(CF)nc5ccccc45)nc(-c4ccccc4F)c3CC[C@@H]2C(C)(C)C1=O. The van der Waals surface area contributed by atoms with Crippen molar-refractivity contribution in [3.8, 4) is 22.6 Å². The van der Waals surface area contributed by atoms with E-state index in [0.717, 1.165) is 10.9 Å². The highest BCUT2D eigenvalue weighted by Crippen LogP contribution is 2.55. The Hall–Kier alpha value is -4.31. The molecule has 0 unspecified atom stereocenters. The molecule has 0 saturated carbocycles. The Labute approximate surface area is 225 Å². The molecule has 2 aromatic heterocycles. The van der Waals surface area contributed by atoms with E-state index in [2.05, 4.69) is 9.83 Å². The number of ketones is 1. The molecule has 0 N–H and O–H groups in total. The number of rotatable bonds is 3. The quantitative estimate of drug-likeness (QED) is 0.268. The molecular formula is C32H26F2N4O. The Balaban J connectivity index is 1.72. The van der Waals surface area contributed by atoms with E-state index in [1.165, 1.54) is 6.07 Å². The van der Waals surface area contributed by atoms with Gasteiger partial charge >= 0.3 is 0 Å². The first-order valence-electron chi connectivity index (χ1n) is 13.0. The highest BCUT2D eigenvalue weighted by molar-refractivity contribution is 6.03. The average molecular weight is 521 g/mol. The molecular weight excluding hydrogens is 494 g/mol. The number of hydrogen-bond donors (Lipinski definition) is 0. The molecule has 7 heteroatoms. The summed E-state index contributed by atoms with van der Waals surface area (Å²) in [7, 11) is 0. The van der Waals surface area contributed by atoms with Crippen LogP contribution in [0.3, 0.4) is 0 Å². The number of alkyl halides is 1. The van der Waals surface area contributed by atoms with Crippen LogP contribution in [0.2, 0.25) is 0 Å². The topological polar surface area (TPSA) is 60.1 Å². The molecule has 2 aromatic carbocycles. The summed E-state index contributed by atoms with van der Waals surface area (Å²) in [5, 5.41) is 0.753. The number of hydrogen-bond acceptors (Lipinski definition) is 4. The third-order valence-corrected chi connectivity index (χ3v) is 8.45. The first-order valence-corrected chi connectivity index (χ1v) is 13.0. The van der Waals surface area contributed by atoms with Crippen LogP contribution in [0.1, 0.15) is 44.1 Å². The number of pyridine rings is 1. The van der Waals surface area contributed by atoms with Crippen molar-refractivity contribution in [2.75, 3.05) is 0 Å². The second kappa shape index (κ2) is 8.88. The molecule has 0 radical (unpaired) electrons. The van der Waals surface area contributed by atoms with Gasteiger partial charge in [-0.3, -0.25) is 0 Å². The highest BCUT2D eigenvalue weighted by Gasteiger charge is 2.55. The third kappa shape index (κ3) is 3.69. The van der Waals surface area contributed by atoms with Gasteiger partial charge in [-0.15, -0.1) is 0 Å². The van der Waals surface area contributed by atoms with Crippen LogP contribution < -0.4 is 0 Å². The van der Waals surface area contributed by atoms with E-state index in [4.69, 9.17) is 16.5 Å². The Morgan fingerprint density at radius 3 is 2.51 bits per heavy atom. The molecule has 0 aliphatic heterocycles. The lowest BCUT2D eigenvalue weighted by atomic mass is 9.53. The van der Waals surface area contributed by atoms with Gasteiger partial charge in [0.15, 0.2) is 11.6 Å². The molecule has 0 amide bonds. The third-order valence-electron chi connectivity index (χ3n) is 8.45. The highest BCUT2D eigenvalue weighted by atomic mass is 19.1. The largest absolute Gasteiger partial charge is 0.307 e. The fourth-order valence-corrected chi connectivity index (χ4v) is 6.60. The van der Waals surface area contributed by atoms with E-state index in [1.54, 1.807) is 30.3 Å². The summed E-state index contributed by atoms with van der Waals surface area (Å²) < 4.78 is 29.1. The van der Waals surface area contributed by atoms with E-state index in [9.17, 15) is 9.18 Å². The zero-order chi connectivity index (χ0) is 27.5. The Morgan fingerprint density at radius 1 is 1.03 bits per heavy atom. The predicted octanol–water partition coefficient (Wildman–Crippen LogP) is 7.20. The normalized spacial score (nSPS) is 21.6. The van der Waals surface area contributed by atoms with Crippen molar-refractivity contribution in [1.29, 1.82) is 0 Å². The minimum Gasteiger partial charge on any atom is -0.307 e. The first kappa shape index (κ1) is 25.0. The number of para-hydroxylation sites is 1. The van der Waals surface area contributed by atoms with Crippen LogP contribution in [-0.4, -0.2) is 20.7 Å². The molecule has 6 rings (SSSR count). The van der Waals surface area contributed by atoms with Gasteiger partial charge in [0.2, 0.25) is 5.70 Å². The van der Waals surface area contributed by atoms with Crippen LogP contribution in [0.4, 0.5) is 8.78 Å². The van der Waals surface area contributed by atoms with Crippen LogP contribution in [-0.2, 0) is 23.3 Å². The number of halogens is 2. The standard InChI is InChI=1S/C32H26F2N4O/c1-31(2)26-14-13-21-27(20-10-5-7-11-23(20)34)37-30(38-28(21)32(26,3)16-25(35-4)29(31)39)22-15-18(17-33)36-24-12-8-6-9-19(22)24/h5-12,15-16,26H,13-14,17H2,1-3H3/t26-,32-/m1/s1.